The third-order valence-corrected chi connectivity index (χ3v) is 8.57. The zero-order valence-electron chi connectivity index (χ0n) is 34.4. The summed E-state index contributed by atoms with van der Waals surface area (Å²) in [5.74, 6) is -3.80. The largest absolute Gasteiger partial charge is 0.444 e. The summed E-state index contributed by atoms with van der Waals surface area (Å²) in [6.07, 6.45) is 0.808. The molecule has 5 heterocycles. The zero-order valence-corrected chi connectivity index (χ0v) is 31.5. The second-order valence-corrected chi connectivity index (χ2v) is 14.2. The fourth-order valence-electron chi connectivity index (χ4n) is 5.47. The molecule has 52 heavy (non-hydrogen) atoms. The quantitative estimate of drug-likeness (QED) is 0.248. The van der Waals surface area contributed by atoms with Gasteiger partial charge in [-0.15, -0.1) is 0 Å². The van der Waals surface area contributed by atoms with Gasteiger partial charge >= 0.3 is 6.09 Å². The molecule has 2 fully saturated rings. The fourth-order valence-corrected chi connectivity index (χ4v) is 6.46. The number of carbonyl (C=O) groups excluding carboxylic acids is 4. The monoisotopic (exact) mass is 826 g/mol. The molecule has 4 amide bonds. The molecule has 0 spiro atoms. The smallest absolute Gasteiger partial charge is 0.410 e. The standard InChI is InChI=1S/C21H21ClFN5O3.C14H19BrClN3O2/c1-4-20(30)27-5-6-28(12(2)29)17(11-27)14-8-15(25-18(22)9-14)13-7-16(21(31)24-3)26-19(23)10-13;1-14(2,3)21-13(20)19-5-4-17-10(8-19)9-6-11(15)18-12(16)7-9/h4,7-10,17H,1,5-6,11H2,2-3H3,(H,24,31);6-7,10,17H,4-5,8H2,1-3H3/t17-;10-/m00/s1/i2D3,3D3;. The summed E-state index contributed by atoms with van der Waals surface area (Å²) in [6.45, 7) is 5.06. The lowest BCUT2D eigenvalue weighted by molar-refractivity contribution is -0.139. The van der Waals surface area contributed by atoms with Crippen molar-refractivity contribution in [1.82, 2.24) is 40.3 Å². The second-order valence-electron chi connectivity index (χ2n) is 12.6. The van der Waals surface area contributed by atoms with Crippen LogP contribution in [0.5, 0.6) is 0 Å². The molecular formula is C35H40BrCl2FN8O5. The maximum Gasteiger partial charge on any atom is 0.410 e. The van der Waals surface area contributed by atoms with E-state index in [1.807, 2.05) is 32.9 Å². The number of amides is 4. The lowest BCUT2D eigenvalue weighted by Crippen LogP contribution is -2.51. The average Bonchev–Trinajstić information content (AvgIpc) is 3.11. The highest BCUT2D eigenvalue weighted by atomic mass is 79.9. The molecule has 2 N–H and O–H groups in total. The number of nitrogens with one attached hydrogen (secondary N) is 2. The van der Waals surface area contributed by atoms with Gasteiger partial charge in [-0.1, -0.05) is 29.8 Å². The minimum absolute atomic E-state index is 0.00970. The maximum absolute atomic E-state index is 14.3. The third kappa shape index (κ3) is 10.9. The van der Waals surface area contributed by atoms with Crippen LogP contribution < -0.4 is 10.6 Å². The Bertz CT molecular complexity index is 2040. The van der Waals surface area contributed by atoms with E-state index in [1.165, 1.54) is 17.0 Å². The molecule has 0 radical (unpaired) electrons. The predicted molar refractivity (Wildman–Crippen MR) is 198 cm³/mol. The Balaban J connectivity index is 0.000000299. The minimum Gasteiger partial charge on any atom is -0.444 e. The summed E-state index contributed by atoms with van der Waals surface area (Å²) in [4.78, 5) is 65.2. The normalized spacial score (nSPS) is 19.6. The van der Waals surface area contributed by atoms with Crippen molar-refractivity contribution in [1.29, 1.82) is 0 Å². The highest BCUT2D eigenvalue weighted by molar-refractivity contribution is 9.10. The van der Waals surface area contributed by atoms with Crippen LogP contribution in [0.4, 0.5) is 9.18 Å². The van der Waals surface area contributed by atoms with Crippen molar-refractivity contribution in [2.24, 2.45) is 0 Å². The molecule has 278 valence electrons. The van der Waals surface area contributed by atoms with E-state index in [2.05, 4.69) is 42.8 Å². The molecule has 2 saturated heterocycles. The van der Waals surface area contributed by atoms with Gasteiger partial charge in [-0.25, -0.2) is 19.7 Å². The van der Waals surface area contributed by atoms with E-state index in [0.717, 1.165) is 28.7 Å². The molecule has 2 aliphatic rings. The van der Waals surface area contributed by atoms with Gasteiger partial charge in [0.15, 0.2) is 0 Å². The summed E-state index contributed by atoms with van der Waals surface area (Å²) in [5, 5.41) is 5.41. The van der Waals surface area contributed by atoms with Crippen molar-refractivity contribution in [2.75, 3.05) is 46.2 Å². The first kappa shape index (κ1) is 32.5. The van der Waals surface area contributed by atoms with Gasteiger partial charge < -0.3 is 30.1 Å². The predicted octanol–water partition coefficient (Wildman–Crippen LogP) is 5.59. The Morgan fingerprint density at radius 3 is 2.42 bits per heavy atom. The number of hydrogen-bond donors (Lipinski definition) is 2. The van der Waals surface area contributed by atoms with E-state index < -0.39 is 54.8 Å². The van der Waals surface area contributed by atoms with Crippen LogP contribution in [0.2, 0.25) is 10.3 Å². The molecule has 0 saturated carbocycles. The van der Waals surface area contributed by atoms with E-state index >= 15 is 0 Å². The van der Waals surface area contributed by atoms with Crippen LogP contribution >= 0.6 is 39.1 Å². The van der Waals surface area contributed by atoms with E-state index in [0.29, 0.717) is 35.0 Å². The number of aromatic nitrogens is 3. The topological polar surface area (TPSA) is 150 Å². The van der Waals surface area contributed by atoms with E-state index in [9.17, 15) is 23.6 Å². The second kappa shape index (κ2) is 17.6. The van der Waals surface area contributed by atoms with Crippen molar-refractivity contribution in [2.45, 2.75) is 45.3 Å². The molecule has 2 atom stereocenters. The number of pyridine rings is 3. The van der Waals surface area contributed by atoms with Crippen molar-refractivity contribution in [3.63, 3.8) is 0 Å². The highest BCUT2D eigenvalue weighted by Gasteiger charge is 2.32. The fraction of sp³-hybridized carbons (Fsp3) is 0.400. The molecule has 0 aromatic carbocycles. The van der Waals surface area contributed by atoms with Crippen molar-refractivity contribution < 1.29 is 36.5 Å². The van der Waals surface area contributed by atoms with Crippen LogP contribution in [0.15, 0.2) is 53.7 Å². The number of piperazine rings is 2. The van der Waals surface area contributed by atoms with E-state index in [1.54, 1.807) is 10.2 Å². The Labute approximate surface area is 328 Å². The number of ether oxygens (including phenoxy) is 1. The molecular weight excluding hydrogens is 782 g/mol. The maximum atomic E-state index is 14.3. The number of halogens is 4. The highest BCUT2D eigenvalue weighted by Crippen LogP contribution is 2.31. The van der Waals surface area contributed by atoms with Gasteiger partial charge in [0, 0.05) is 73.0 Å². The number of nitrogens with zero attached hydrogens (tertiary/aromatic N) is 6. The van der Waals surface area contributed by atoms with Gasteiger partial charge in [-0.2, -0.15) is 4.39 Å². The van der Waals surface area contributed by atoms with Crippen LogP contribution in [-0.2, 0) is 14.3 Å². The first-order valence-electron chi connectivity index (χ1n) is 18.8. The molecule has 5 rings (SSSR count). The average molecular weight is 829 g/mol. The number of hydrogen-bond acceptors (Lipinski definition) is 9. The van der Waals surface area contributed by atoms with Crippen LogP contribution in [0.3, 0.4) is 0 Å². The third-order valence-electron chi connectivity index (χ3n) is 7.78. The van der Waals surface area contributed by atoms with E-state index in [-0.39, 0.29) is 48.2 Å². The van der Waals surface area contributed by atoms with E-state index in [4.69, 9.17) is 36.2 Å². The molecule has 0 unspecified atom stereocenters. The molecule has 2 aliphatic heterocycles. The lowest BCUT2D eigenvalue weighted by atomic mass is 10.00. The molecule has 0 bridgehead atoms. The first-order valence-corrected chi connectivity index (χ1v) is 17.3. The Morgan fingerprint density at radius 2 is 1.75 bits per heavy atom. The SMILES string of the molecule is CC(C)(C)OC(=O)N1CCN[C@H](c2cc(Cl)nc(Br)c2)C1.[2H]C([2H])([2H])NC(=O)c1cc(-c2cc([C@@H]3CN(C(=O)C=C)CCN3C(=O)C([2H])([2H])[2H])cc(Cl)n2)cc(F)n1. The van der Waals surface area contributed by atoms with Gasteiger partial charge in [0.25, 0.3) is 5.91 Å². The number of carbonyl (C=O) groups is 4. The van der Waals surface area contributed by atoms with Crippen molar-refractivity contribution in [3.05, 3.63) is 86.7 Å². The first-order chi connectivity index (χ1) is 26.8. The minimum atomic E-state index is -2.94. The van der Waals surface area contributed by atoms with Crippen LogP contribution in [0.1, 0.15) is 69.5 Å². The van der Waals surface area contributed by atoms with Gasteiger partial charge in [0.2, 0.25) is 17.8 Å². The Hall–Kier alpha value is -4.18. The van der Waals surface area contributed by atoms with Gasteiger partial charge in [-0.05, 0) is 84.2 Å². The van der Waals surface area contributed by atoms with Crippen LogP contribution in [0.25, 0.3) is 11.3 Å². The van der Waals surface area contributed by atoms with Crippen LogP contribution in [-0.4, -0.2) is 105 Å². The Kier molecular flexibility index (Phi) is 11.0. The van der Waals surface area contributed by atoms with Crippen molar-refractivity contribution in [3.8, 4) is 11.3 Å². The molecule has 3 aromatic rings. The summed E-state index contributed by atoms with van der Waals surface area (Å²) < 4.78 is 64.5. The van der Waals surface area contributed by atoms with Gasteiger partial charge in [-0.3, -0.25) is 14.4 Å². The number of rotatable bonds is 5. The summed E-state index contributed by atoms with van der Waals surface area (Å²) in [6, 6.07) is 7.60. The van der Waals surface area contributed by atoms with Gasteiger partial charge in [0.05, 0.1) is 17.8 Å². The van der Waals surface area contributed by atoms with Crippen LogP contribution in [0, 0.1) is 5.95 Å². The molecule has 3 aromatic heterocycles. The Morgan fingerprint density at radius 1 is 1.02 bits per heavy atom. The summed E-state index contributed by atoms with van der Waals surface area (Å²) in [5.41, 5.74) is 0.306. The summed E-state index contributed by atoms with van der Waals surface area (Å²) in [7, 11) is 0. The molecule has 13 nitrogen and oxygen atoms in total. The molecule has 17 heteroatoms. The molecule has 0 aliphatic carbocycles. The van der Waals surface area contributed by atoms with Crippen molar-refractivity contribution >= 4 is 62.9 Å². The lowest BCUT2D eigenvalue weighted by Gasteiger charge is -2.41. The summed E-state index contributed by atoms with van der Waals surface area (Å²) >= 11 is 15.5. The van der Waals surface area contributed by atoms with Gasteiger partial charge in [0.1, 0.15) is 26.2 Å². The zero-order chi connectivity index (χ0) is 43.3.